The molecule has 0 spiro atoms. The largest absolute Gasteiger partial charge is 0.493 e. The molecule has 0 aliphatic carbocycles. The zero-order chi connectivity index (χ0) is 11.6. The third-order valence-corrected chi connectivity index (χ3v) is 1.78. The predicted molar refractivity (Wildman–Crippen MR) is 48.7 cm³/mol. The molecule has 1 heterocycles. The van der Waals surface area contributed by atoms with Gasteiger partial charge in [0, 0.05) is 0 Å². The van der Waals surface area contributed by atoms with Crippen molar-refractivity contribution in [2.24, 2.45) is 5.73 Å². The Kier molecular flexibility index (Phi) is 3.03. The zero-order valence-corrected chi connectivity index (χ0v) is 7.83. The fourth-order valence-corrected chi connectivity index (χ4v) is 1.11. The topological polar surface area (TPSA) is 91.2 Å². The van der Waals surface area contributed by atoms with E-state index in [4.69, 9.17) is 16.2 Å². The number of pyridine rings is 1. The first-order valence-corrected chi connectivity index (χ1v) is 3.89. The highest BCUT2D eigenvalue weighted by Crippen LogP contribution is 2.30. The minimum Gasteiger partial charge on any atom is -0.493 e. The third-order valence-electron chi connectivity index (χ3n) is 1.78. The number of aromatic nitrogens is 1. The van der Waals surface area contributed by atoms with Crippen LogP contribution in [0.2, 0.25) is 0 Å². The average Bonchev–Trinajstić information content (AvgIpc) is 2.16. The summed E-state index contributed by atoms with van der Waals surface area (Å²) in [5.41, 5.74) is 8.91. The van der Waals surface area contributed by atoms with E-state index < -0.39 is 23.6 Å². The number of nitrogens with two attached hydrogens (primary N) is 2. The Morgan fingerprint density at radius 3 is 2.60 bits per heavy atom. The van der Waals surface area contributed by atoms with E-state index in [1.807, 2.05) is 0 Å². The molecule has 0 unspecified atom stereocenters. The Morgan fingerprint density at radius 1 is 1.60 bits per heavy atom. The van der Waals surface area contributed by atoms with Crippen LogP contribution in [0.4, 0.5) is 14.5 Å². The van der Waals surface area contributed by atoms with Crippen LogP contribution in [0.1, 0.15) is 22.5 Å². The van der Waals surface area contributed by atoms with Gasteiger partial charge in [0.15, 0.2) is 5.75 Å². The number of halogens is 2. The van der Waals surface area contributed by atoms with E-state index in [0.29, 0.717) is 0 Å². The van der Waals surface area contributed by atoms with Crippen LogP contribution in [0.15, 0.2) is 6.20 Å². The second-order valence-corrected chi connectivity index (χ2v) is 2.67. The highest BCUT2D eigenvalue weighted by molar-refractivity contribution is 6.00. The second kappa shape index (κ2) is 4.07. The number of nitrogens with zero attached hydrogens (tertiary/aromatic N) is 1. The first-order chi connectivity index (χ1) is 6.99. The van der Waals surface area contributed by atoms with Crippen LogP contribution in [0.25, 0.3) is 0 Å². The number of primary amides is 1. The van der Waals surface area contributed by atoms with Crippen molar-refractivity contribution >= 4 is 11.6 Å². The number of carbonyl (C=O) groups is 1. The van der Waals surface area contributed by atoms with E-state index in [2.05, 4.69) is 4.98 Å². The van der Waals surface area contributed by atoms with E-state index in [9.17, 15) is 13.6 Å². The fourth-order valence-electron chi connectivity index (χ4n) is 1.11. The smallest absolute Gasteiger partial charge is 0.281 e. The molecular formula is C8H9F2N3O2. The summed E-state index contributed by atoms with van der Waals surface area (Å²) in [6, 6.07) is 0. The van der Waals surface area contributed by atoms with Crippen molar-refractivity contribution < 1.29 is 18.3 Å². The van der Waals surface area contributed by atoms with E-state index in [1.165, 1.54) is 7.11 Å². The minimum atomic E-state index is -2.92. The van der Waals surface area contributed by atoms with Gasteiger partial charge in [-0.15, -0.1) is 0 Å². The number of nitrogen functional groups attached to an aromatic ring is 1. The molecule has 0 fully saturated rings. The summed E-state index contributed by atoms with van der Waals surface area (Å²) >= 11 is 0. The number of ether oxygens (including phenoxy) is 1. The van der Waals surface area contributed by atoms with Gasteiger partial charge in [-0.3, -0.25) is 9.78 Å². The maximum atomic E-state index is 12.4. The van der Waals surface area contributed by atoms with Crippen molar-refractivity contribution in [3.63, 3.8) is 0 Å². The lowest BCUT2D eigenvalue weighted by Crippen LogP contribution is -2.18. The standard InChI is InChI=1S/C8H9F2N3O2/c1-15-3-2-13-6(7(9)10)4(5(3)11)8(12)14/h2,7H,1H3,(H2,11,13)(H2,12,14). The number of rotatable bonds is 3. The Bertz CT molecular complexity index is 396. The molecule has 0 saturated carbocycles. The normalized spacial score (nSPS) is 10.4. The lowest BCUT2D eigenvalue weighted by atomic mass is 10.1. The molecule has 1 aromatic rings. The molecule has 0 saturated heterocycles. The summed E-state index contributed by atoms with van der Waals surface area (Å²) in [7, 11) is 1.28. The van der Waals surface area contributed by atoms with E-state index in [-0.39, 0.29) is 11.4 Å². The van der Waals surface area contributed by atoms with Crippen LogP contribution >= 0.6 is 0 Å². The van der Waals surface area contributed by atoms with Gasteiger partial charge in [-0.25, -0.2) is 8.78 Å². The molecule has 0 atom stereocenters. The predicted octanol–water partition coefficient (Wildman–Crippen LogP) is 0.709. The molecule has 0 aliphatic rings. The molecule has 4 N–H and O–H groups in total. The van der Waals surface area contributed by atoms with Gasteiger partial charge in [0.05, 0.1) is 24.6 Å². The Hall–Kier alpha value is -1.92. The molecule has 0 aliphatic heterocycles. The van der Waals surface area contributed by atoms with Crippen molar-refractivity contribution in [2.75, 3.05) is 12.8 Å². The molecule has 5 nitrogen and oxygen atoms in total. The van der Waals surface area contributed by atoms with E-state index in [1.54, 1.807) is 0 Å². The number of amides is 1. The average molecular weight is 217 g/mol. The molecule has 15 heavy (non-hydrogen) atoms. The lowest BCUT2D eigenvalue weighted by molar-refractivity contribution is 0.0983. The van der Waals surface area contributed by atoms with Crippen LogP contribution in [0.3, 0.4) is 0 Å². The van der Waals surface area contributed by atoms with Gasteiger partial charge in [-0.1, -0.05) is 0 Å². The summed E-state index contributed by atoms with van der Waals surface area (Å²) in [6.07, 6.45) is -1.90. The summed E-state index contributed by atoms with van der Waals surface area (Å²) in [5.74, 6) is -1.03. The number of methoxy groups -OCH3 is 1. The van der Waals surface area contributed by atoms with Crippen molar-refractivity contribution in [1.82, 2.24) is 4.98 Å². The first-order valence-electron chi connectivity index (χ1n) is 3.89. The maximum absolute atomic E-state index is 12.4. The Labute approximate surface area is 84.0 Å². The van der Waals surface area contributed by atoms with Gasteiger partial charge >= 0.3 is 0 Å². The van der Waals surface area contributed by atoms with Gasteiger partial charge in [0.2, 0.25) is 0 Å². The molecular weight excluding hydrogens is 208 g/mol. The lowest BCUT2D eigenvalue weighted by Gasteiger charge is -2.10. The fraction of sp³-hybridized carbons (Fsp3) is 0.250. The van der Waals surface area contributed by atoms with Gasteiger partial charge in [0.25, 0.3) is 12.3 Å². The van der Waals surface area contributed by atoms with Gasteiger partial charge < -0.3 is 16.2 Å². The van der Waals surface area contributed by atoms with Gasteiger partial charge in [0.1, 0.15) is 5.69 Å². The summed E-state index contributed by atoms with van der Waals surface area (Å²) in [4.78, 5) is 14.3. The highest BCUT2D eigenvalue weighted by atomic mass is 19.3. The number of hydrogen-bond acceptors (Lipinski definition) is 4. The molecule has 1 aromatic heterocycles. The highest BCUT2D eigenvalue weighted by Gasteiger charge is 2.23. The van der Waals surface area contributed by atoms with Gasteiger partial charge in [-0.05, 0) is 0 Å². The number of hydrogen-bond donors (Lipinski definition) is 2. The molecule has 7 heteroatoms. The molecule has 82 valence electrons. The minimum absolute atomic E-state index is 0.0354. The van der Waals surface area contributed by atoms with E-state index in [0.717, 1.165) is 6.20 Å². The quantitative estimate of drug-likeness (QED) is 0.779. The van der Waals surface area contributed by atoms with Crippen LogP contribution in [-0.4, -0.2) is 18.0 Å². The summed E-state index contributed by atoms with van der Waals surface area (Å²) in [5, 5.41) is 0. The van der Waals surface area contributed by atoms with Gasteiger partial charge in [-0.2, -0.15) is 0 Å². The van der Waals surface area contributed by atoms with Crippen LogP contribution in [-0.2, 0) is 0 Å². The maximum Gasteiger partial charge on any atom is 0.281 e. The monoisotopic (exact) mass is 217 g/mol. The van der Waals surface area contributed by atoms with Crippen LogP contribution in [0.5, 0.6) is 5.75 Å². The molecule has 0 radical (unpaired) electrons. The number of alkyl halides is 2. The SMILES string of the molecule is COc1cnc(C(F)F)c(C(N)=O)c1N. The van der Waals surface area contributed by atoms with Crippen molar-refractivity contribution in [1.29, 1.82) is 0 Å². The molecule has 0 bridgehead atoms. The molecule has 1 amide bonds. The van der Waals surface area contributed by atoms with E-state index >= 15 is 0 Å². The second-order valence-electron chi connectivity index (χ2n) is 2.67. The summed E-state index contributed by atoms with van der Waals surface area (Å²) < 4.78 is 29.6. The van der Waals surface area contributed by atoms with Crippen LogP contribution < -0.4 is 16.2 Å². The zero-order valence-electron chi connectivity index (χ0n) is 7.83. The van der Waals surface area contributed by atoms with Crippen molar-refractivity contribution in [3.05, 3.63) is 17.5 Å². The molecule has 0 aromatic carbocycles. The number of carbonyl (C=O) groups excluding carboxylic acids is 1. The first kappa shape index (κ1) is 11.2. The van der Waals surface area contributed by atoms with Crippen molar-refractivity contribution in [2.45, 2.75) is 6.43 Å². The summed E-state index contributed by atoms with van der Waals surface area (Å²) in [6.45, 7) is 0. The Morgan fingerprint density at radius 2 is 2.20 bits per heavy atom. The molecule has 1 rings (SSSR count). The van der Waals surface area contributed by atoms with Crippen molar-refractivity contribution in [3.8, 4) is 5.75 Å². The van der Waals surface area contributed by atoms with Crippen LogP contribution in [0, 0.1) is 0 Å². The number of anilines is 1. The third kappa shape index (κ3) is 1.95. The Balaban J connectivity index is 3.44.